The minimum absolute atomic E-state index is 0.0970. The molecule has 15 heteroatoms. The van der Waals surface area contributed by atoms with Crippen LogP contribution in [0.3, 0.4) is 0 Å². The van der Waals surface area contributed by atoms with Crippen LogP contribution in [-0.2, 0) is 26.2 Å². The Hall–Kier alpha value is -5.86. The van der Waals surface area contributed by atoms with Crippen molar-refractivity contribution in [2.75, 3.05) is 16.9 Å². The van der Waals surface area contributed by atoms with Crippen molar-refractivity contribution < 1.29 is 33.9 Å². The van der Waals surface area contributed by atoms with Gasteiger partial charge in [-0.25, -0.2) is 4.90 Å². The third-order valence-electron chi connectivity index (χ3n) is 12.4. The number of hydrogen-bond acceptors (Lipinski definition) is 10. The molecular weight excluding hydrogens is 758 g/mol. The molecule has 5 aromatic rings. The summed E-state index contributed by atoms with van der Waals surface area (Å²) in [6.07, 6.45) is 2.17. The summed E-state index contributed by atoms with van der Waals surface area (Å²) in [7, 11) is 3.10. The van der Waals surface area contributed by atoms with Crippen LogP contribution in [0.15, 0.2) is 78.4 Å². The Morgan fingerprint density at radius 2 is 1.75 bits per heavy atom. The first-order valence-electron chi connectivity index (χ1n) is 18.1. The highest BCUT2D eigenvalue weighted by Gasteiger charge is 2.68. The van der Waals surface area contributed by atoms with Gasteiger partial charge in [-0.15, -0.1) is 11.3 Å². The number of nitro benzene ring substituents is 1. The number of ether oxygens (including phenoxy) is 1. The molecule has 2 aromatic heterocycles. The van der Waals surface area contributed by atoms with Crippen molar-refractivity contribution in [3.05, 3.63) is 105 Å². The number of halogens is 1. The number of hydrogen-bond donors (Lipinski definition) is 1. The molecule has 1 saturated carbocycles. The fourth-order valence-electron chi connectivity index (χ4n) is 9.71. The van der Waals surface area contributed by atoms with E-state index in [1.54, 1.807) is 38.2 Å². The van der Waals surface area contributed by atoms with Gasteiger partial charge in [-0.2, -0.15) is 5.10 Å². The van der Waals surface area contributed by atoms with Gasteiger partial charge in [0.25, 0.3) is 5.69 Å². The number of rotatable bonds is 6. The molecule has 0 unspecified atom stereocenters. The standard InChI is InChI=1S/C41H34ClN5O8S/c1-19-26-16-20(42)8-15-31(26)56-36(19)29-18-32(44(3)43-29)46-38(50)28-17-27-23(34(41(28,2)40(46)52)25-6-5-7-30(55-4)35(25)48)13-14-24-33(27)39(51)45(37(24)49)21-9-11-22(12-10-21)47(53)54/h5-13,15-16,18,24,27-28,33-34,48H,14,17H2,1-4H3/t24-,27+,28-,33-,34+,41+/m0/s1. The lowest BCUT2D eigenvalue weighted by atomic mass is 9.51. The molecule has 284 valence electrons. The van der Waals surface area contributed by atoms with Crippen molar-refractivity contribution in [2.45, 2.75) is 32.6 Å². The predicted octanol–water partition coefficient (Wildman–Crippen LogP) is 7.32. The van der Waals surface area contributed by atoms with Crippen LogP contribution in [0.2, 0.25) is 5.02 Å². The third kappa shape index (κ3) is 4.87. The summed E-state index contributed by atoms with van der Waals surface area (Å²) in [5.41, 5.74) is 1.22. The van der Waals surface area contributed by atoms with E-state index >= 15 is 4.79 Å². The molecule has 2 saturated heterocycles. The molecular formula is C41H34ClN5O8S. The maximum atomic E-state index is 15.1. The average Bonchev–Trinajstić information content (AvgIpc) is 3.85. The number of non-ortho nitro benzene ring substituents is 1. The average molecular weight is 792 g/mol. The van der Waals surface area contributed by atoms with E-state index in [0.717, 1.165) is 25.4 Å². The summed E-state index contributed by atoms with van der Waals surface area (Å²) in [5.74, 6) is -5.68. The van der Waals surface area contributed by atoms with Gasteiger partial charge < -0.3 is 9.84 Å². The maximum Gasteiger partial charge on any atom is 0.269 e. The number of aromatic nitrogens is 2. The normalized spacial score (nSPS) is 25.7. The van der Waals surface area contributed by atoms with E-state index in [-0.39, 0.29) is 41.5 Å². The van der Waals surface area contributed by atoms with Gasteiger partial charge in [0.1, 0.15) is 11.5 Å². The number of carbonyl (C=O) groups excluding carboxylic acids is 4. The fourth-order valence-corrected chi connectivity index (χ4v) is 11.0. The summed E-state index contributed by atoms with van der Waals surface area (Å²) in [5, 5.41) is 29.3. The first-order valence-corrected chi connectivity index (χ1v) is 19.2. The molecule has 13 nitrogen and oxygen atoms in total. The van der Waals surface area contributed by atoms with E-state index in [4.69, 9.17) is 21.4 Å². The number of aryl methyl sites for hydroxylation is 2. The molecule has 4 aliphatic rings. The van der Waals surface area contributed by atoms with Crippen molar-refractivity contribution in [3.63, 3.8) is 0 Å². The fraction of sp³-hybridized carbons (Fsp3) is 0.293. The lowest BCUT2D eigenvalue weighted by Gasteiger charge is -2.49. The van der Waals surface area contributed by atoms with Gasteiger partial charge in [-0.1, -0.05) is 35.4 Å². The van der Waals surface area contributed by atoms with Crippen LogP contribution in [0.25, 0.3) is 20.7 Å². The summed E-state index contributed by atoms with van der Waals surface area (Å²) < 4.78 is 8.02. The van der Waals surface area contributed by atoms with Gasteiger partial charge >= 0.3 is 0 Å². The first-order chi connectivity index (χ1) is 26.8. The summed E-state index contributed by atoms with van der Waals surface area (Å²) >= 11 is 7.84. The lowest BCUT2D eigenvalue weighted by Crippen LogP contribution is -2.49. The Kier molecular flexibility index (Phi) is 8.05. The predicted molar refractivity (Wildman–Crippen MR) is 209 cm³/mol. The number of phenols is 1. The summed E-state index contributed by atoms with van der Waals surface area (Å²) in [6.45, 7) is 3.72. The van der Waals surface area contributed by atoms with Gasteiger partial charge in [0.2, 0.25) is 23.6 Å². The van der Waals surface area contributed by atoms with E-state index in [1.807, 2.05) is 31.2 Å². The van der Waals surface area contributed by atoms with Gasteiger partial charge in [0, 0.05) is 46.5 Å². The van der Waals surface area contributed by atoms with Crippen LogP contribution < -0.4 is 14.5 Å². The zero-order valence-electron chi connectivity index (χ0n) is 30.6. The van der Waals surface area contributed by atoms with E-state index in [1.165, 1.54) is 52.3 Å². The van der Waals surface area contributed by atoms with Crippen molar-refractivity contribution in [3.8, 4) is 22.1 Å². The molecule has 0 spiro atoms. The monoisotopic (exact) mass is 791 g/mol. The number of allylic oxidation sites excluding steroid dienone is 2. The number of benzene rings is 3. The topological polar surface area (TPSA) is 165 Å². The zero-order chi connectivity index (χ0) is 39.5. The molecule has 56 heavy (non-hydrogen) atoms. The van der Waals surface area contributed by atoms with E-state index < -0.39 is 63.6 Å². The van der Waals surface area contributed by atoms with Crippen molar-refractivity contribution in [1.29, 1.82) is 0 Å². The third-order valence-corrected chi connectivity index (χ3v) is 13.9. The van der Waals surface area contributed by atoms with Gasteiger partial charge in [0.15, 0.2) is 11.5 Å². The molecule has 2 aliphatic heterocycles. The minimum atomic E-state index is -1.42. The zero-order valence-corrected chi connectivity index (χ0v) is 32.1. The Bertz CT molecular complexity index is 2620. The molecule has 0 bridgehead atoms. The number of aromatic hydroxyl groups is 1. The molecule has 4 heterocycles. The number of phenolic OH excluding ortho intramolecular Hbond substituents is 1. The number of imide groups is 2. The number of methoxy groups -OCH3 is 1. The van der Waals surface area contributed by atoms with Crippen LogP contribution in [0, 0.1) is 46.1 Å². The highest BCUT2D eigenvalue weighted by Crippen LogP contribution is 2.65. The molecule has 3 fully saturated rings. The second kappa shape index (κ2) is 12.6. The number of carbonyl (C=O) groups is 4. The number of nitro groups is 1. The molecule has 4 amide bonds. The van der Waals surface area contributed by atoms with Gasteiger partial charge in [-0.3, -0.25) is 38.9 Å². The smallest absolute Gasteiger partial charge is 0.269 e. The minimum Gasteiger partial charge on any atom is -0.504 e. The first kappa shape index (κ1) is 35.8. The van der Waals surface area contributed by atoms with Crippen LogP contribution in [0.4, 0.5) is 17.2 Å². The summed E-state index contributed by atoms with van der Waals surface area (Å²) in [6, 6.07) is 17.6. The molecule has 3 aromatic carbocycles. The Balaban J connectivity index is 1.15. The van der Waals surface area contributed by atoms with Gasteiger partial charge in [0.05, 0.1) is 45.8 Å². The van der Waals surface area contributed by atoms with E-state index in [9.17, 15) is 29.6 Å². The van der Waals surface area contributed by atoms with Crippen molar-refractivity contribution in [1.82, 2.24) is 9.78 Å². The lowest BCUT2D eigenvalue weighted by molar-refractivity contribution is -0.384. The van der Waals surface area contributed by atoms with Crippen LogP contribution >= 0.6 is 22.9 Å². The molecule has 0 radical (unpaired) electrons. The quantitative estimate of drug-likeness (QED) is 0.0803. The van der Waals surface area contributed by atoms with Gasteiger partial charge in [-0.05, 0) is 80.0 Å². The molecule has 1 N–H and O–H groups in total. The number of anilines is 2. The molecule has 2 aliphatic carbocycles. The highest BCUT2D eigenvalue weighted by atomic mass is 35.5. The number of para-hydroxylation sites is 1. The SMILES string of the molecule is COc1cccc([C@H]2C3=CC[C@@H]4C(=O)N(c5ccc([N+](=O)[O-])cc5)C(=O)[C@@H]4[C@@H]3C[C@H]3C(=O)N(c4cc(-c5sc6ccc(Cl)cc6c5C)nn4C)C(=O)[C@@]23C)c1O. The van der Waals surface area contributed by atoms with E-state index in [2.05, 4.69) is 0 Å². The Labute approximate surface area is 328 Å². The molecule has 9 rings (SSSR count). The number of thiophene rings is 1. The van der Waals surface area contributed by atoms with Crippen LogP contribution in [-0.4, -0.2) is 50.5 Å². The Morgan fingerprint density at radius 1 is 1.00 bits per heavy atom. The van der Waals surface area contributed by atoms with E-state index in [0.29, 0.717) is 21.9 Å². The van der Waals surface area contributed by atoms with Crippen molar-refractivity contribution >= 4 is 73.8 Å². The maximum absolute atomic E-state index is 15.1. The van der Waals surface area contributed by atoms with Crippen LogP contribution in [0.5, 0.6) is 11.5 Å². The molecule has 6 atom stereocenters. The van der Waals surface area contributed by atoms with Crippen molar-refractivity contribution in [2.24, 2.45) is 36.1 Å². The second-order valence-corrected chi connectivity index (χ2v) is 16.5. The number of nitrogens with zero attached hydrogens (tertiary/aromatic N) is 5. The Morgan fingerprint density at radius 3 is 2.46 bits per heavy atom. The number of fused-ring (bicyclic) bond motifs is 5. The van der Waals surface area contributed by atoms with Crippen LogP contribution in [0.1, 0.15) is 36.8 Å². The second-order valence-electron chi connectivity index (χ2n) is 15.1. The largest absolute Gasteiger partial charge is 0.504 e. The highest BCUT2D eigenvalue weighted by molar-refractivity contribution is 7.22. The summed E-state index contributed by atoms with van der Waals surface area (Å²) in [4.78, 5) is 72.3. The number of amides is 4.